The molecular weight excluding hydrogens is 246 g/mol. The minimum atomic E-state index is 0.270. The van der Waals surface area contributed by atoms with Crippen LogP contribution in [0.5, 0.6) is 0 Å². The molecule has 2 aromatic rings. The second-order valence-electron chi connectivity index (χ2n) is 4.81. The number of rotatable bonds is 5. The van der Waals surface area contributed by atoms with Gasteiger partial charge in [0.15, 0.2) is 12.2 Å². The number of aryl methyl sites for hydroxylation is 2. The summed E-state index contributed by atoms with van der Waals surface area (Å²) in [6.45, 7) is 3.89. The number of aromatic nitrogens is 4. The second kappa shape index (κ2) is 5.48. The first-order chi connectivity index (χ1) is 9.33. The molecule has 0 aromatic carbocycles. The molecule has 1 aliphatic heterocycles. The summed E-state index contributed by atoms with van der Waals surface area (Å²) in [4.78, 5) is 10.7. The Hall–Kier alpha value is -1.76. The quantitative estimate of drug-likeness (QED) is 0.809. The molecule has 7 heteroatoms. The number of hydrogen-bond acceptors (Lipinski definition) is 7. The summed E-state index contributed by atoms with van der Waals surface area (Å²) in [6, 6.07) is 0.270. The van der Waals surface area contributed by atoms with Crippen molar-refractivity contribution in [3.63, 3.8) is 0 Å². The van der Waals surface area contributed by atoms with E-state index < -0.39 is 0 Å². The highest BCUT2D eigenvalue weighted by Gasteiger charge is 2.29. The van der Waals surface area contributed by atoms with Gasteiger partial charge in [0.1, 0.15) is 0 Å². The lowest BCUT2D eigenvalue weighted by atomic mass is 10.2. The van der Waals surface area contributed by atoms with E-state index in [0.29, 0.717) is 11.7 Å². The Bertz CT molecular complexity index is 510. The minimum Gasteiger partial charge on any atom is -0.339 e. The maximum absolute atomic E-state index is 5.17. The van der Waals surface area contributed by atoms with E-state index in [9.17, 15) is 0 Å². The van der Waals surface area contributed by atoms with Crippen molar-refractivity contribution < 1.29 is 9.05 Å². The van der Waals surface area contributed by atoms with Gasteiger partial charge in [-0.2, -0.15) is 9.97 Å². The third-order valence-electron chi connectivity index (χ3n) is 3.43. The van der Waals surface area contributed by atoms with Crippen molar-refractivity contribution in [2.75, 3.05) is 13.1 Å². The normalized spacial score (nSPS) is 20.2. The maximum Gasteiger partial charge on any atom is 0.243 e. The maximum atomic E-state index is 5.17. The lowest BCUT2D eigenvalue weighted by Gasteiger charge is -2.20. The Balaban J connectivity index is 1.52. The monoisotopic (exact) mass is 263 g/mol. The van der Waals surface area contributed by atoms with E-state index in [1.807, 2.05) is 6.92 Å². The molecule has 1 saturated heterocycles. The average molecular weight is 263 g/mol. The fraction of sp³-hybridized carbons (Fsp3) is 0.667. The van der Waals surface area contributed by atoms with Gasteiger partial charge < -0.3 is 9.05 Å². The van der Waals surface area contributed by atoms with E-state index in [4.69, 9.17) is 9.05 Å². The highest BCUT2D eigenvalue weighted by Crippen LogP contribution is 2.30. The van der Waals surface area contributed by atoms with Crippen LogP contribution in [0.1, 0.15) is 42.9 Å². The van der Waals surface area contributed by atoms with Gasteiger partial charge in [-0.05, 0) is 39.3 Å². The van der Waals surface area contributed by atoms with Crippen molar-refractivity contribution in [3.8, 4) is 0 Å². The van der Waals surface area contributed by atoms with Crippen LogP contribution < -0.4 is 0 Å². The molecule has 0 spiro atoms. The molecule has 0 N–H and O–H groups in total. The van der Waals surface area contributed by atoms with E-state index in [2.05, 4.69) is 25.2 Å². The molecule has 102 valence electrons. The zero-order valence-electron chi connectivity index (χ0n) is 10.9. The van der Waals surface area contributed by atoms with Crippen LogP contribution in [-0.2, 0) is 6.42 Å². The molecule has 3 rings (SSSR count). The molecule has 0 saturated carbocycles. The van der Waals surface area contributed by atoms with Gasteiger partial charge in [-0.3, -0.25) is 4.90 Å². The van der Waals surface area contributed by atoms with Crippen molar-refractivity contribution >= 4 is 0 Å². The predicted molar refractivity (Wildman–Crippen MR) is 65.2 cm³/mol. The third-order valence-corrected chi connectivity index (χ3v) is 3.43. The van der Waals surface area contributed by atoms with Crippen molar-refractivity contribution in [1.29, 1.82) is 0 Å². The summed E-state index contributed by atoms with van der Waals surface area (Å²) in [5, 5.41) is 7.48. The summed E-state index contributed by atoms with van der Waals surface area (Å²) in [5.41, 5.74) is 0. The molecule has 7 nitrogen and oxygen atoms in total. The van der Waals surface area contributed by atoms with Crippen molar-refractivity contribution in [2.45, 2.75) is 38.6 Å². The molecule has 1 aliphatic rings. The standard InChI is InChI=1S/C12H17N5O2/c1-9-15-11(18-16-9)5-3-7-17-6-2-4-10(17)12-13-8-14-19-12/h8,10H,2-7H2,1H3/t10-/m1/s1. The molecular formula is C12H17N5O2. The van der Waals surface area contributed by atoms with Crippen LogP contribution in [-0.4, -0.2) is 38.3 Å². The van der Waals surface area contributed by atoms with E-state index in [0.717, 1.165) is 38.2 Å². The van der Waals surface area contributed by atoms with E-state index in [-0.39, 0.29) is 6.04 Å². The summed E-state index contributed by atoms with van der Waals surface area (Å²) in [5.74, 6) is 2.14. The molecule has 0 unspecified atom stereocenters. The van der Waals surface area contributed by atoms with Crippen molar-refractivity contribution in [1.82, 2.24) is 25.2 Å². The Kier molecular flexibility index (Phi) is 3.54. The molecule has 3 heterocycles. The lowest BCUT2D eigenvalue weighted by molar-refractivity contribution is 0.204. The van der Waals surface area contributed by atoms with Crippen LogP contribution in [0.4, 0.5) is 0 Å². The number of nitrogens with zero attached hydrogens (tertiary/aromatic N) is 5. The second-order valence-corrected chi connectivity index (χ2v) is 4.81. The minimum absolute atomic E-state index is 0.270. The van der Waals surface area contributed by atoms with Gasteiger partial charge >= 0.3 is 0 Å². The summed E-state index contributed by atoms with van der Waals surface area (Å²) < 4.78 is 10.3. The SMILES string of the molecule is Cc1noc(CCCN2CCC[C@@H]2c2ncno2)n1. The molecule has 2 aromatic heterocycles. The van der Waals surface area contributed by atoms with E-state index in [1.54, 1.807) is 0 Å². The van der Waals surface area contributed by atoms with Gasteiger partial charge in [0.2, 0.25) is 11.8 Å². The van der Waals surface area contributed by atoms with E-state index in [1.165, 1.54) is 12.7 Å². The fourth-order valence-electron chi connectivity index (χ4n) is 2.58. The summed E-state index contributed by atoms with van der Waals surface area (Å²) >= 11 is 0. The van der Waals surface area contributed by atoms with Gasteiger partial charge in [0.25, 0.3) is 0 Å². The molecule has 1 fully saturated rings. The highest BCUT2D eigenvalue weighted by atomic mass is 16.5. The Morgan fingerprint density at radius 1 is 1.42 bits per heavy atom. The molecule has 19 heavy (non-hydrogen) atoms. The van der Waals surface area contributed by atoms with Crippen molar-refractivity contribution in [3.05, 3.63) is 23.9 Å². The van der Waals surface area contributed by atoms with E-state index >= 15 is 0 Å². The van der Waals surface area contributed by atoms with Crippen molar-refractivity contribution in [2.24, 2.45) is 0 Å². The molecule has 0 radical (unpaired) electrons. The van der Waals surface area contributed by atoms with Crippen LogP contribution in [0.2, 0.25) is 0 Å². The van der Waals surface area contributed by atoms with Crippen LogP contribution in [0, 0.1) is 6.92 Å². The van der Waals surface area contributed by atoms with Gasteiger partial charge in [0.05, 0.1) is 6.04 Å². The van der Waals surface area contributed by atoms with Gasteiger partial charge in [-0.25, -0.2) is 0 Å². The highest BCUT2D eigenvalue weighted by molar-refractivity contribution is 4.93. The Morgan fingerprint density at radius 3 is 3.11 bits per heavy atom. The third kappa shape index (κ3) is 2.81. The zero-order valence-corrected chi connectivity index (χ0v) is 10.9. The number of likely N-dealkylation sites (tertiary alicyclic amines) is 1. The van der Waals surface area contributed by atoms with Crippen LogP contribution in [0.3, 0.4) is 0 Å². The first-order valence-corrected chi connectivity index (χ1v) is 6.63. The summed E-state index contributed by atoms with van der Waals surface area (Å²) in [7, 11) is 0. The van der Waals surface area contributed by atoms with Crippen LogP contribution in [0.25, 0.3) is 0 Å². The average Bonchev–Trinajstić information content (AvgIpc) is 3.09. The fourth-order valence-corrected chi connectivity index (χ4v) is 2.58. The van der Waals surface area contributed by atoms with Gasteiger partial charge in [0, 0.05) is 6.42 Å². The first-order valence-electron chi connectivity index (χ1n) is 6.63. The predicted octanol–water partition coefficient (Wildman–Crippen LogP) is 1.53. The zero-order chi connectivity index (χ0) is 13.1. The topological polar surface area (TPSA) is 81.1 Å². The molecule has 1 atom stereocenters. The Labute approximate surface area is 111 Å². The lowest BCUT2D eigenvalue weighted by Crippen LogP contribution is -2.25. The largest absolute Gasteiger partial charge is 0.339 e. The van der Waals surface area contributed by atoms with Crippen LogP contribution >= 0.6 is 0 Å². The summed E-state index contributed by atoms with van der Waals surface area (Å²) in [6.07, 6.45) is 5.53. The molecule has 0 aliphatic carbocycles. The Morgan fingerprint density at radius 2 is 2.37 bits per heavy atom. The first kappa shape index (κ1) is 12.3. The van der Waals surface area contributed by atoms with Gasteiger partial charge in [-0.15, -0.1) is 0 Å². The number of hydrogen-bond donors (Lipinski definition) is 0. The molecule has 0 amide bonds. The smallest absolute Gasteiger partial charge is 0.243 e. The van der Waals surface area contributed by atoms with Gasteiger partial charge in [-0.1, -0.05) is 10.3 Å². The molecule has 0 bridgehead atoms. The van der Waals surface area contributed by atoms with Crippen LogP contribution in [0.15, 0.2) is 15.4 Å².